The molecule has 0 aliphatic carbocycles. The van der Waals surface area contributed by atoms with Gasteiger partial charge < -0.3 is 10.4 Å². The minimum Gasteiger partial charge on any atom is -0.480 e. The number of amides is 1. The second kappa shape index (κ2) is 8.49. The van der Waals surface area contributed by atoms with E-state index < -0.39 is 30.8 Å². The number of aliphatic carboxylic acids is 1. The fraction of sp³-hybridized carbons (Fsp3) is 0.312. The van der Waals surface area contributed by atoms with Gasteiger partial charge in [0.25, 0.3) is 0 Å². The number of halogens is 2. The van der Waals surface area contributed by atoms with Crippen LogP contribution in [0.4, 0.5) is 8.78 Å². The van der Waals surface area contributed by atoms with Crippen molar-refractivity contribution in [1.82, 2.24) is 10.3 Å². The maximum Gasteiger partial charge on any atom is 0.326 e. The normalized spacial score (nSPS) is 12.1. The second-order valence-corrected chi connectivity index (χ2v) is 6.10. The maximum absolute atomic E-state index is 12.3. The lowest BCUT2D eigenvalue weighted by Gasteiger charge is -2.13. The molecule has 0 saturated carbocycles. The van der Waals surface area contributed by atoms with Crippen molar-refractivity contribution in [2.75, 3.05) is 0 Å². The third kappa shape index (κ3) is 5.69. The number of thiazole rings is 1. The zero-order valence-corrected chi connectivity index (χ0v) is 13.4. The Labute approximate surface area is 141 Å². The number of carbonyl (C=O) groups is 2. The van der Waals surface area contributed by atoms with Gasteiger partial charge in [-0.25, -0.2) is 18.6 Å². The number of carboxylic acid groups (broad SMARTS) is 1. The number of nitrogens with one attached hydrogen (secondary N) is 1. The summed E-state index contributed by atoms with van der Waals surface area (Å²) in [6, 6.07) is 8.10. The molecule has 24 heavy (non-hydrogen) atoms. The zero-order chi connectivity index (χ0) is 17.5. The van der Waals surface area contributed by atoms with Crippen molar-refractivity contribution < 1.29 is 23.5 Å². The smallest absolute Gasteiger partial charge is 0.326 e. The molecular formula is C16H16F2N2O3S. The number of carboxylic acids is 1. The number of alkyl halides is 2. The Hall–Kier alpha value is -2.35. The Balaban J connectivity index is 1.91. The van der Waals surface area contributed by atoms with Crippen LogP contribution < -0.4 is 5.32 Å². The van der Waals surface area contributed by atoms with Gasteiger partial charge in [-0.3, -0.25) is 4.79 Å². The Morgan fingerprint density at radius 2 is 1.96 bits per heavy atom. The number of hydrogen-bond acceptors (Lipinski definition) is 4. The molecular weight excluding hydrogens is 338 g/mol. The van der Waals surface area contributed by atoms with E-state index in [1.165, 1.54) is 11.3 Å². The van der Waals surface area contributed by atoms with Crippen molar-refractivity contribution >= 4 is 23.2 Å². The molecule has 0 aliphatic heterocycles. The lowest BCUT2D eigenvalue weighted by molar-refractivity contribution is -0.142. The van der Waals surface area contributed by atoms with E-state index in [2.05, 4.69) is 10.3 Å². The standard InChI is InChI=1S/C16H16F2N2O3S/c17-13(18)8-12(16(22)23)20-14(21)7-11-9-24-15(19-11)6-10-4-2-1-3-5-10/h1-5,9,12-13H,6-8H2,(H,20,21)(H,22,23). The van der Waals surface area contributed by atoms with Crippen LogP contribution in [0.5, 0.6) is 0 Å². The number of nitrogens with zero attached hydrogens (tertiary/aromatic N) is 1. The Bertz CT molecular complexity index is 692. The highest BCUT2D eigenvalue weighted by atomic mass is 32.1. The van der Waals surface area contributed by atoms with Crippen molar-refractivity contribution in [3.8, 4) is 0 Å². The Kier molecular flexibility index (Phi) is 6.36. The van der Waals surface area contributed by atoms with Gasteiger partial charge in [0.1, 0.15) is 6.04 Å². The molecule has 1 atom stereocenters. The molecule has 1 aromatic heterocycles. The van der Waals surface area contributed by atoms with Gasteiger partial charge in [-0.2, -0.15) is 0 Å². The molecule has 0 radical (unpaired) electrons. The summed E-state index contributed by atoms with van der Waals surface area (Å²) in [6.07, 6.45) is -3.23. The SMILES string of the molecule is O=C(Cc1csc(Cc2ccccc2)n1)NC(CC(F)F)C(=O)O. The van der Waals surface area contributed by atoms with Crippen LogP contribution in [-0.2, 0) is 22.4 Å². The molecule has 128 valence electrons. The summed E-state index contributed by atoms with van der Waals surface area (Å²) >= 11 is 1.39. The topological polar surface area (TPSA) is 79.3 Å². The molecule has 1 heterocycles. The summed E-state index contributed by atoms with van der Waals surface area (Å²) in [5.41, 5.74) is 1.58. The van der Waals surface area contributed by atoms with Gasteiger partial charge >= 0.3 is 5.97 Å². The van der Waals surface area contributed by atoms with Crippen molar-refractivity contribution in [2.24, 2.45) is 0 Å². The predicted molar refractivity (Wildman–Crippen MR) is 85.3 cm³/mol. The largest absolute Gasteiger partial charge is 0.480 e. The zero-order valence-electron chi connectivity index (χ0n) is 12.6. The Morgan fingerprint density at radius 3 is 2.58 bits per heavy atom. The van der Waals surface area contributed by atoms with E-state index >= 15 is 0 Å². The third-order valence-corrected chi connectivity index (χ3v) is 4.08. The molecule has 0 fully saturated rings. The van der Waals surface area contributed by atoms with Crippen LogP contribution in [0.2, 0.25) is 0 Å². The summed E-state index contributed by atoms with van der Waals surface area (Å²) in [5, 5.41) is 13.5. The molecule has 2 N–H and O–H groups in total. The summed E-state index contributed by atoms with van der Waals surface area (Å²) < 4.78 is 24.6. The van der Waals surface area contributed by atoms with Gasteiger partial charge in [0, 0.05) is 18.2 Å². The monoisotopic (exact) mass is 354 g/mol. The van der Waals surface area contributed by atoms with Gasteiger partial charge in [0.2, 0.25) is 12.3 Å². The molecule has 0 aliphatic rings. The van der Waals surface area contributed by atoms with Crippen LogP contribution in [-0.4, -0.2) is 34.4 Å². The highest BCUT2D eigenvalue weighted by molar-refractivity contribution is 7.09. The summed E-state index contributed by atoms with van der Waals surface area (Å²) in [6.45, 7) is 0. The van der Waals surface area contributed by atoms with Gasteiger partial charge in [-0.05, 0) is 5.56 Å². The first-order valence-electron chi connectivity index (χ1n) is 7.21. The lowest BCUT2D eigenvalue weighted by Crippen LogP contribution is -2.42. The van der Waals surface area contributed by atoms with Crippen molar-refractivity contribution in [1.29, 1.82) is 0 Å². The molecule has 1 amide bonds. The molecule has 0 bridgehead atoms. The van der Waals surface area contributed by atoms with E-state index in [-0.39, 0.29) is 6.42 Å². The molecule has 8 heteroatoms. The molecule has 0 saturated heterocycles. The quantitative estimate of drug-likeness (QED) is 0.763. The van der Waals surface area contributed by atoms with Gasteiger partial charge in [-0.15, -0.1) is 11.3 Å². The van der Waals surface area contributed by atoms with E-state index in [0.717, 1.165) is 10.6 Å². The number of aromatic nitrogens is 1. The van der Waals surface area contributed by atoms with Crippen LogP contribution in [0.25, 0.3) is 0 Å². The van der Waals surface area contributed by atoms with E-state index in [0.29, 0.717) is 12.1 Å². The van der Waals surface area contributed by atoms with Crippen molar-refractivity contribution in [3.63, 3.8) is 0 Å². The fourth-order valence-corrected chi connectivity index (χ4v) is 2.92. The fourth-order valence-electron chi connectivity index (χ4n) is 2.09. The average Bonchev–Trinajstić information content (AvgIpc) is 2.94. The van der Waals surface area contributed by atoms with Gasteiger partial charge in [0.05, 0.1) is 17.1 Å². The summed E-state index contributed by atoms with van der Waals surface area (Å²) in [4.78, 5) is 27.0. The first-order valence-corrected chi connectivity index (χ1v) is 8.09. The van der Waals surface area contributed by atoms with Crippen molar-refractivity contribution in [3.05, 3.63) is 52.0 Å². The van der Waals surface area contributed by atoms with Crippen LogP contribution >= 0.6 is 11.3 Å². The third-order valence-electron chi connectivity index (χ3n) is 3.19. The first kappa shape index (κ1) is 18.0. The summed E-state index contributed by atoms with van der Waals surface area (Å²) in [7, 11) is 0. The molecule has 5 nitrogen and oxygen atoms in total. The molecule has 0 spiro atoms. The van der Waals surface area contributed by atoms with Crippen LogP contribution in [0.1, 0.15) is 22.7 Å². The van der Waals surface area contributed by atoms with E-state index in [4.69, 9.17) is 5.11 Å². The van der Waals surface area contributed by atoms with Gasteiger partial charge in [-0.1, -0.05) is 30.3 Å². The maximum atomic E-state index is 12.3. The number of rotatable bonds is 8. The van der Waals surface area contributed by atoms with Crippen LogP contribution in [0.3, 0.4) is 0 Å². The van der Waals surface area contributed by atoms with Crippen LogP contribution in [0, 0.1) is 0 Å². The van der Waals surface area contributed by atoms with Crippen LogP contribution in [0.15, 0.2) is 35.7 Å². The van der Waals surface area contributed by atoms with E-state index in [1.807, 2.05) is 30.3 Å². The lowest BCUT2D eigenvalue weighted by atomic mass is 10.2. The highest BCUT2D eigenvalue weighted by Crippen LogP contribution is 2.15. The van der Waals surface area contributed by atoms with Crippen molar-refractivity contribution in [2.45, 2.75) is 31.7 Å². The number of carbonyl (C=O) groups excluding carboxylic acids is 1. The molecule has 1 aromatic carbocycles. The average molecular weight is 354 g/mol. The van der Waals surface area contributed by atoms with E-state index in [1.54, 1.807) is 5.38 Å². The summed E-state index contributed by atoms with van der Waals surface area (Å²) in [5.74, 6) is -2.12. The number of hydrogen-bond donors (Lipinski definition) is 2. The molecule has 2 rings (SSSR count). The molecule has 1 unspecified atom stereocenters. The number of benzene rings is 1. The molecule has 2 aromatic rings. The second-order valence-electron chi connectivity index (χ2n) is 5.16. The first-order chi connectivity index (χ1) is 11.4. The minimum atomic E-state index is -2.80. The van der Waals surface area contributed by atoms with E-state index in [9.17, 15) is 18.4 Å². The van der Waals surface area contributed by atoms with Gasteiger partial charge in [0.15, 0.2) is 0 Å². The Morgan fingerprint density at radius 1 is 1.25 bits per heavy atom. The highest BCUT2D eigenvalue weighted by Gasteiger charge is 2.24. The predicted octanol–water partition coefficient (Wildman–Crippen LogP) is 2.50. The minimum absolute atomic E-state index is 0.141.